The van der Waals surface area contributed by atoms with Gasteiger partial charge in [0.2, 0.25) is 5.91 Å². The molecule has 0 saturated carbocycles. The van der Waals surface area contributed by atoms with E-state index < -0.39 is 12.1 Å². The van der Waals surface area contributed by atoms with Crippen molar-refractivity contribution in [2.45, 2.75) is 45.3 Å². The van der Waals surface area contributed by atoms with Crippen molar-refractivity contribution in [2.24, 2.45) is 0 Å². The molecule has 1 aromatic carbocycles. The van der Waals surface area contributed by atoms with Crippen LogP contribution in [-0.4, -0.2) is 57.7 Å². The number of carbonyl (C=O) groups is 3. The van der Waals surface area contributed by atoms with Gasteiger partial charge in [-0.3, -0.25) is 19.5 Å². The normalized spacial score (nSPS) is 21.5. The average molecular weight is 406 g/mol. The van der Waals surface area contributed by atoms with Gasteiger partial charge in [-0.25, -0.2) is 4.79 Å². The highest BCUT2D eigenvalue weighted by molar-refractivity contribution is 6.04. The molecule has 30 heavy (non-hydrogen) atoms. The number of aryl methyl sites for hydroxylation is 2. The third kappa shape index (κ3) is 3.85. The Hall–Kier alpha value is -3.06. The number of pyridine rings is 1. The monoisotopic (exact) mass is 406 g/mol. The topological polar surface area (TPSA) is 82.6 Å². The fourth-order valence-electron chi connectivity index (χ4n) is 4.18. The fraction of sp³-hybridized carbons (Fsp3) is 0.391. The summed E-state index contributed by atoms with van der Waals surface area (Å²) < 4.78 is 0. The van der Waals surface area contributed by atoms with Gasteiger partial charge in [0.1, 0.15) is 6.04 Å². The summed E-state index contributed by atoms with van der Waals surface area (Å²) >= 11 is 0. The number of piperidine rings is 1. The SMILES string of the molecule is Cc1ccc(C(=O)CN2C(=O)N(Cc3cccnc3)C(=O)C3NCCCC32)cc1C. The first-order valence-electron chi connectivity index (χ1n) is 10.3. The van der Waals surface area contributed by atoms with Gasteiger partial charge in [-0.15, -0.1) is 0 Å². The molecule has 156 valence electrons. The van der Waals surface area contributed by atoms with Crippen molar-refractivity contribution >= 4 is 17.7 Å². The molecule has 7 heteroatoms. The molecule has 0 radical (unpaired) electrons. The van der Waals surface area contributed by atoms with Gasteiger partial charge in [-0.05, 0) is 62.1 Å². The van der Waals surface area contributed by atoms with Crippen LogP contribution < -0.4 is 5.32 Å². The van der Waals surface area contributed by atoms with E-state index in [0.29, 0.717) is 12.0 Å². The Kier molecular flexibility index (Phi) is 5.63. The number of hydrogen-bond donors (Lipinski definition) is 1. The van der Waals surface area contributed by atoms with Crippen LogP contribution in [0.2, 0.25) is 0 Å². The number of urea groups is 1. The number of fused-ring (bicyclic) bond motifs is 1. The van der Waals surface area contributed by atoms with Crippen LogP contribution in [0.15, 0.2) is 42.7 Å². The van der Waals surface area contributed by atoms with Gasteiger partial charge in [0.25, 0.3) is 0 Å². The summed E-state index contributed by atoms with van der Waals surface area (Å²) in [6, 6.07) is 7.99. The second kappa shape index (κ2) is 8.36. The van der Waals surface area contributed by atoms with Crippen LogP contribution >= 0.6 is 0 Å². The van der Waals surface area contributed by atoms with Crippen molar-refractivity contribution in [2.75, 3.05) is 13.1 Å². The van der Waals surface area contributed by atoms with E-state index in [9.17, 15) is 14.4 Å². The molecule has 2 fully saturated rings. The third-order valence-electron chi connectivity index (χ3n) is 6.04. The minimum absolute atomic E-state index is 0.0407. The first-order valence-corrected chi connectivity index (χ1v) is 10.3. The van der Waals surface area contributed by atoms with Crippen LogP contribution in [0.25, 0.3) is 0 Å². The number of ketones is 1. The van der Waals surface area contributed by atoms with E-state index in [0.717, 1.165) is 29.7 Å². The van der Waals surface area contributed by atoms with Gasteiger partial charge in [0, 0.05) is 18.0 Å². The van der Waals surface area contributed by atoms with E-state index in [-0.39, 0.29) is 30.8 Å². The Balaban J connectivity index is 1.60. The summed E-state index contributed by atoms with van der Waals surface area (Å²) in [5, 5.41) is 3.25. The highest BCUT2D eigenvalue weighted by Crippen LogP contribution is 2.26. The molecule has 1 aromatic heterocycles. The Morgan fingerprint density at radius 3 is 2.77 bits per heavy atom. The van der Waals surface area contributed by atoms with Crippen LogP contribution in [0.1, 0.15) is 39.9 Å². The van der Waals surface area contributed by atoms with Crippen LogP contribution in [0.5, 0.6) is 0 Å². The zero-order valence-corrected chi connectivity index (χ0v) is 17.3. The van der Waals surface area contributed by atoms with Crippen molar-refractivity contribution in [3.8, 4) is 0 Å². The van der Waals surface area contributed by atoms with Gasteiger partial charge < -0.3 is 10.2 Å². The number of aromatic nitrogens is 1. The molecule has 3 heterocycles. The van der Waals surface area contributed by atoms with Gasteiger partial charge >= 0.3 is 6.03 Å². The summed E-state index contributed by atoms with van der Waals surface area (Å²) in [5.41, 5.74) is 3.51. The molecular weight excluding hydrogens is 380 g/mol. The molecule has 3 amide bonds. The Morgan fingerprint density at radius 2 is 2.03 bits per heavy atom. The molecule has 2 saturated heterocycles. The summed E-state index contributed by atoms with van der Waals surface area (Å²) in [4.78, 5) is 46.3. The van der Waals surface area contributed by atoms with E-state index in [1.807, 2.05) is 32.0 Å². The summed E-state index contributed by atoms with van der Waals surface area (Å²) in [7, 11) is 0. The number of carbonyl (C=O) groups excluding carboxylic acids is 3. The lowest BCUT2D eigenvalue weighted by Crippen LogP contribution is -2.69. The van der Waals surface area contributed by atoms with E-state index in [1.165, 1.54) is 4.90 Å². The Morgan fingerprint density at radius 1 is 1.20 bits per heavy atom. The lowest BCUT2D eigenvalue weighted by molar-refractivity contribution is -0.137. The molecule has 1 N–H and O–H groups in total. The van der Waals surface area contributed by atoms with Gasteiger partial charge in [0.05, 0.1) is 19.1 Å². The number of rotatable bonds is 5. The minimum Gasteiger partial charge on any atom is -0.311 e. The van der Waals surface area contributed by atoms with Crippen molar-refractivity contribution in [3.05, 3.63) is 65.0 Å². The molecule has 2 aromatic rings. The van der Waals surface area contributed by atoms with Crippen LogP contribution in [0, 0.1) is 13.8 Å². The van der Waals surface area contributed by atoms with Crippen molar-refractivity contribution < 1.29 is 14.4 Å². The van der Waals surface area contributed by atoms with Crippen molar-refractivity contribution in [1.29, 1.82) is 0 Å². The zero-order chi connectivity index (χ0) is 21.3. The molecule has 0 bridgehead atoms. The first kappa shape index (κ1) is 20.2. The average Bonchev–Trinajstić information content (AvgIpc) is 2.76. The van der Waals surface area contributed by atoms with Crippen molar-refractivity contribution in [1.82, 2.24) is 20.1 Å². The maximum Gasteiger partial charge on any atom is 0.327 e. The Labute approximate surface area is 176 Å². The number of imide groups is 1. The molecule has 2 unspecified atom stereocenters. The van der Waals surface area contributed by atoms with E-state index in [2.05, 4.69) is 10.3 Å². The molecule has 2 aliphatic heterocycles. The lowest BCUT2D eigenvalue weighted by atomic mass is 9.92. The Bertz CT molecular complexity index is 976. The predicted molar refractivity (Wildman–Crippen MR) is 112 cm³/mol. The van der Waals surface area contributed by atoms with Gasteiger partial charge in [-0.1, -0.05) is 18.2 Å². The quantitative estimate of drug-likeness (QED) is 0.772. The molecule has 2 atom stereocenters. The summed E-state index contributed by atoms with van der Waals surface area (Å²) in [5.74, 6) is -0.352. The van der Waals surface area contributed by atoms with Crippen LogP contribution in [0.3, 0.4) is 0 Å². The zero-order valence-electron chi connectivity index (χ0n) is 17.3. The van der Waals surface area contributed by atoms with E-state index >= 15 is 0 Å². The lowest BCUT2D eigenvalue weighted by Gasteiger charge is -2.46. The second-order valence-electron chi connectivity index (χ2n) is 8.06. The maximum absolute atomic E-state index is 13.3. The predicted octanol–water partition coefficient (Wildman–Crippen LogP) is 2.47. The van der Waals surface area contributed by atoms with Gasteiger partial charge in [-0.2, -0.15) is 0 Å². The molecular formula is C23H26N4O3. The van der Waals surface area contributed by atoms with Gasteiger partial charge in [0.15, 0.2) is 5.78 Å². The standard InChI is InChI=1S/C23H26N4O3/c1-15-7-8-18(11-16(15)2)20(28)14-26-19-6-4-10-25-21(19)22(29)27(23(26)30)13-17-5-3-9-24-12-17/h3,5,7-9,11-12,19,21,25H,4,6,10,13-14H2,1-2H3. The minimum atomic E-state index is -0.485. The molecule has 4 rings (SSSR count). The highest BCUT2D eigenvalue weighted by atomic mass is 16.2. The molecule has 2 aliphatic rings. The number of nitrogens with one attached hydrogen (secondary N) is 1. The van der Waals surface area contributed by atoms with E-state index in [4.69, 9.17) is 0 Å². The summed E-state index contributed by atoms with van der Waals surface area (Å²) in [6.07, 6.45) is 4.86. The largest absolute Gasteiger partial charge is 0.327 e. The smallest absolute Gasteiger partial charge is 0.311 e. The molecule has 0 spiro atoms. The van der Waals surface area contributed by atoms with Crippen LogP contribution in [-0.2, 0) is 11.3 Å². The third-order valence-corrected chi connectivity index (χ3v) is 6.04. The number of nitrogens with zero attached hydrogens (tertiary/aromatic N) is 3. The number of hydrogen-bond acceptors (Lipinski definition) is 5. The first-order chi connectivity index (χ1) is 14.5. The highest BCUT2D eigenvalue weighted by Gasteiger charge is 2.47. The summed E-state index contributed by atoms with van der Waals surface area (Å²) in [6.45, 7) is 4.79. The number of amides is 3. The number of Topliss-reactive ketones (excluding diaryl/α,β-unsaturated/α-hetero) is 1. The molecule has 7 nitrogen and oxygen atoms in total. The molecule has 0 aliphatic carbocycles. The van der Waals surface area contributed by atoms with E-state index in [1.54, 1.807) is 29.4 Å². The fourth-order valence-corrected chi connectivity index (χ4v) is 4.18. The number of benzene rings is 1. The maximum atomic E-state index is 13.3. The second-order valence-corrected chi connectivity index (χ2v) is 8.06. The van der Waals surface area contributed by atoms with Crippen molar-refractivity contribution in [3.63, 3.8) is 0 Å². The van der Waals surface area contributed by atoms with Crippen LogP contribution in [0.4, 0.5) is 4.79 Å².